The summed E-state index contributed by atoms with van der Waals surface area (Å²) in [5.41, 5.74) is 7.78. The van der Waals surface area contributed by atoms with Gasteiger partial charge in [-0.1, -0.05) is 42.5 Å². The van der Waals surface area contributed by atoms with Gasteiger partial charge in [-0.05, 0) is 37.1 Å². The van der Waals surface area contributed by atoms with E-state index in [0.717, 1.165) is 0 Å². The lowest BCUT2D eigenvalue weighted by molar-refractivity contribution is -0.150. The lowest BCUT2D eigenvalue weighted by Crippen LogP contribution is -2.71. The molecule has 2 aromatic rings. The minimum atomic E-state index is -1.13. The molecule has 2 aliphatic heterocycles. The molecule has 2 aromatic carbocycles. The third-order valence-electron chi connectivity index (χ3n) is 5.35. The second kappa shape index (κ2) is 10.5. The average molecular weight is 484 g/mol. The third-order valence-corrected chi connectivity index (χ3v) is 6.78. The second-order valence-electron chi connectivity index (χ2n) is 7.83. The summed E-state index contributed by atoms with van der Waals surface area (Å²) in [6.07, 6.45) is 0. The van der Waals surface area contributed by atoms with Crippen LogP contribution in [0.5, 0.6) is 5.75 Å². The Balaban J connectivity index is 0.000000271. The predicted molar refractivity (Wildman–Crippen MR) is 127 cm³/mol. The maximum atomic E-state index is 12.3. The predicted octanol–water partition coefficient (Wildman–Crippen LogP) is 2.04. The van der Waals surface area contributed by atoms with Crippen molar-refractivity contribution in [3.8, 4) is 5.75 Å². The lowest BCUT2D eigenvalue weighted by atomic mass is 10.0. The van der Waals surface area contributed by atoms with E-state index in [2.05, 4.69) is 5.32 Å². The molecule has 0 unspecified atom stereocenters. The van der Waals surface area contributed by atoms with Gasteiger partial charge in [0.1, 0.15) is 28.9 Å². The van der Waals surface area contributed by atoms with Gasteiger partial charge in [-0.25, -0.2) is 4.79 Å². The molecule has 4 rings (SSSR count). The Bertz CT molecular complexity index is 1150. The SMILES string of the molecule is CC(=O)c1cccc(O)c1.CC1=C(C(=O)O)N2C(=O)[C@@H](NC(=O)[C@H](N)c3ccccc3)[C@H]2SC1. The number of carbonyl (C=O) groups excluding carboxylic acids is 3. The molecule has 0 saturated carbocycles. The summed E-state index contributed by atoms with van der Waals surface area (Å²) in [5.74, 6) is -1.39. The summed E-state index contributed by atoms with van der Waals surface area (Å²) >= 11 is 1.43. The van der Waals surface area contributed by atoms with Crippen molar-refractivity contribution in [2.75, 3.05) is 5.75 Å². The molecule has 0 aromatic heterocycles. The van der Waals surface area contributed by atoms with Crippen LogP contribution in [0.4, 0.5) is 0 Å². The number of aliphatic carboxylic acids is 1. The molecule has 0 radical (unpaired) electrons. The van der Waals surface area contributed by atoms with Crippen LogP contribution in [0, 0.1) is 0 Å². The molecule has 2 heterocycles. The van der Waals surface area contributed by atoms with Gasteiger partial charge in [0.05, 0.1) is 0 Å². The summed E-state index contributed by atoms with van der Waals surface area (Å²) in [7, 11) is 0. The molecule has 0 aliphatic carbocycles. The molecule has 9 nitrogen and oxygen atoms in total. The summed E-state index contributed by atoms with van der Waals surface area (Å²) in [4.78, 5) is 47.9. The van der Waals surface area contributed by atoms with Gasteiger partial charge in [0.25, 0.3) is 5.91 Å². The Morgan fingerprint density at radius 3 is 2.38 bits per heavy atom. The molecule has 34 heavy (non-hydrogen) atoms. The normalized spacial score (nSPS) is 19.7. The van der Waals surface area contributed by atoms with Gasteiger partial charge < -0.3 is 21.3 Å². The van der Waals surface area contributed by atoms with Crippen molar-refractivity contribution < 1.29 is 29.4 Å². The molecule has 1 fully saturated rings. The fraction of sp³-hybridized carbons (Fsp3) is 0.250. The van der Waals surface area contributed by atoms with Crippen LogP contribution < -0.4 is 11.1 Å². The molecular formula is C24H25N3O6S. The molecule has 1 saturated heterocycles. The number of carboxylic acids is 1. The summed E-state index contributed by atoms with van der Waals surface area (Å²) in [5, 5.41) is 20.4. The average Bonchev–Trinajstić information content (AvgIpc) is 2.82. The molecular weight excluding hydrogens is 458 g/mol. The topological polar surface area (TPSA) is 150 Å². The van der Waals surface area contributed by atoms with Crippen LogP contribution >= 0.6 is 11.8 Å². The van der Waals surface area contributed by atoms with Crippen molar-refractivity contribution in [3.63, 3.8) is 0 Å². The summed E-state index contributed by atoms with van der Waals surface area (Å²) in [6.45, 7) is 3.16. The molecule has 3 atom stereocenters. The fourth-order valence-electron chi connectivity index (χ4n) is 3.56. The van der Waals surface area contributed by atoms with Gasteiger partial charge in [-0.15, -0.1) is 11.8 Å². The van der Waals surface area contributed by atoms with E-state index in [1.807, 2.05) is 6.07 Å². The number of β-lactam (4-membered cyclic amide) rings is 1. The third kappa shape index (κ3) is 5.29. The van der Waals surface area contributed by atoms with E-state index in [1.165, 1.54) is 35.7 Å². The van der Waals surface area contributed by atoms with Crippen molar-refractivity contribution in [2.24, 2.45) is 5.73 Å². The number of fused-ring (bicyclic) bond motifs is 1. The molecule has 0 bridgehead atoms. The standard InChI is InChI=1S/C16H17N3O4S.C8H8O2/c1-8-7-24-15-11(14(21)19(15)12(8)16(22)23)18-13(20)10(17)9-5-3-2-4-6-9;1-6(9)7-3-2-4-8(10)5-7/h2-6,10-11,15H,7,17H2,1H3,(H,18,20)(H,22,23);2-5,10H,1H3/t10-,11-,15-;/m1./s1. The van der Waals surface area contributed by atoms with Gasteiger partial charge in [0, 0.05) is 11.3 Å². The smallest absolute Gasteiger partial charge is 0.352 e. The van der Waals surface area contributed by atoms with Crippen LogP contribution in [0.15, 0.2) is 65.9 Å². The molecule has 0 spiro atoms. The zero-order chi connectivity index (χ0) is 25.0. The lowest BCUT2D eigenvalue weighted by Gasteiger charge is -2.49. The number of nitrogens with two attached hydrogens (primary N) is 1. The van der Waals surface area contributed by atoms with Crippen LogP contribution in [-0.4, -0.2) is 55.8 Å². The maximum absolute atomic E-state index is 12.3. The Morgan fingerprint density at radius 2 is 1.82 bits per heavy atom. The van der Waals surface area contributed by atoms with Gasteiger partial charge in [-0.3, -0.25) is 19.3 Å². The second-order valence-corrected chi connectivity index (χ2v) is 8.93. The Hall–Kier alpha value is -3.63. The maximum Gasteiger partial charge on any atom is 0.352 e. The van der Waals surface area contributed by atoms with Crippen LogP contribution in [0.25, 0.3) is 0 Å². The van der Waals surface area contributed by atoms with E-state index in [-0.39, 0.29) is 17.2 Å². The van der Waals surface area contributed by atoms with Crippen LogP contribution in [-0.2, 0) is 14.4 Å². The van der Waals surface area contributed by atoms with Crippen LogP contribution in [0.2, 0.25) is 0 Å². The Labute approximate surface area is 200 Å². The number of Topliss-reactive ketones (excluding diaryl/α,β-unsaturated/α-hetero) is 1. The van der Waals surface area contributed by atoms with Crippen molar-refractivity contribution in [1.29, 1.82) is 0 Å². The van der Waals surface area contributed by atoms with E-state index in [0.29, 0.717) is 22.5 Å². The zero-order valence-corrected chi connectivity index (χ0v) is 19.4. The Kier molecular flexibility index (Phi) is 7.75. The van der Waals surface area contributed by atoms with Gasteiger partial charge in [-0.2, -0.15) is 0 Å². The van der Waals surface area contributed by atoms with Gasteiger partial charge >= 0.3 is 5.97 Å². The molecule has 2 amide bonds. The molecule has 10 heteroatoms. The van der Waals surface area contributed by atoms with Crippen molar-refractivity contribution in [2.45, 2.75) is 31.3 Å². The van der Waals surface area contributed by atoms with Gasteiger partial charge in [0.2, 0.25) is 5.91 Å². The van der Waals surface area contributed by atoms with Crippen molar-refractivity contribution in [3.05, 3.63) is 77.0 Å². The van der Waals surface area contributed by atoms with Crippen molar-refractivity contribution >= 4 is 35.3 Å². The highest BCUT2D eigenvalue weighted by Crippen LogP contribution is 2.40. The number of benzene rings is 2. The van der Waals surface area contributed by atoms with Crippen LogP contribution in [0.3, 0.4) is 0 Å². The van der Waals surface area contributed by atoms with Crippen LogP contribution in [0.1, 0.15) is 35.8 Å². The number of rotatable bonds is 5. The highest BCUT2D eigenvalue weighted by atomic mass is 32.2. The number of phenols is 1. The number of hydrogen-bond donors (Lipinski definition) is 4. The van der Waals surface area contributed by atoms with Gasteiger partial charge in [0.15, 0.2) is 5.78 Å². The summed E-state index contributed by atoms with van der Waals surface area (Å²) in [6, 6.07) is 13.5. The number of thioether (sulfide) groups is 1. The monoisotopic (exact) mass is 483 g/mol. The van der Waals surface area contributed by atoms with Crippen molar-refractivity contribution in [1.82, 2.24) is 10.2 Å². The highest BCUT2D eigenvalue weighted by Gasteiger charge is 2.53. The largest absolute Gasteiger partial charge is 0.508 e. The fourth-order valence-corrected chi connectivity index (χ4v) is 4.85. The quantitative estimate of drug-likeness (QED) is 0.373. The number of phenolic OH excluding ortho intramolecular Hbond substituents is 1. The summed E-state index contributed by atoms with van der Waals surface area (Å²) < 4.78 is 0. The number of carbonyl (C=O) groups is 4. The number of carboxylic acid groups (broad SMARTS) is 1. The van der Waals surface area contributed by atoms with E-state index >= 15 is 0 Å². The number of aromatic hydroxyl groups is 1. The highest BCUT2D eigenvalue weighted by molar-refractivity contribution is 8.00. The van der Waals surface area contributed by atoms with E-state index < -0.39 is 35.2 Å². The zero-order valence-electron chi connectivity index (χ0n) is 18.6. The van der Waals surface area contributed by atoms with E-state index in [9.17, 15) is 24.3 Å². The first kappa shape index (κ1) is 25.0. The first-order chi connectivity index (χ1) is 16.1. The molecule has 5 N–H and O–H groups in total. The number of nitrogens with one attached hydrogen (secondary N) is 1. The first-order valence-corrected chi connectivity index (χ1v) is 11.4. The van der Waals surface area contributed by atoms with E-state index in [4.69, 9.17) is 10.8 Å². The molecule has 178 valence electrons. The minimum Gasteiger partial charge on any atom is -0.508 e. The number of nitrogens with zero attached hydrogens (tertiary/aromatic N) is 1. The first-order valence-electron chi connectivity index (χ1n) is 10.4. The number of ketones is 1. The number of amides is 2. The van der Waals surface area contributed by atoms with E-state index in [1.54, 1.807) is 43.3 Å². The minimum absolute atomic E-state index is 0.0154. The molecule has 2 aliphatic rings. The number of hydrogen-bond acceptors (Lipinski definition) is 7. The Morgan fingerprint density at radius 1 is 1.15 bits per heavy atom.